The summed E-state index contributed by atoms with van der Waals surface area (Å²) < 4.78 is 9.46. The van der Waals surface area contributed by atoms with Crippen LogP contribution in [0.1, 0.15) is 129 Å². The first-order valence-electron chi connectivity index (χ1n) is 16.0. The molecule has 0 saturated heterocycles. The van der Waals surface area contributed by atoms with E-state index < -0.39 is 23.4 Å². The Morgan fingerprint density at radius 2 is 1.54 bits per heavy atom. The normalized spacial score (nSPS) is 10.3. The largest absolute Gasteiger partial charge is 0.464 e. The van der Waals surface area contributed by atoms with Crippen LogP contribution in [0.5, 0.6) is 0 Å². The summed E-state index contributed by atoms with van der Waals surface area (Å²) >= 11 is 1.35. The molecule has 0 aliphatic rings. The maximum Gasteiger partial charge on any atom is 0.407 e. The SMILES string of the molecule is C=C(NC(=O)c1csc(CC)n1)C(=O)NC(=C)C(=O)OC.CC(=O)CCCCCNC(=O)OC(C)(C)C.CCCC(CC)CCC. The molecule has 1 aromatic rings. The van der Waals surface area contributed by atoms with Gasteiger partial charge in [0.2, 0.25) is 0 Å². The van der Waals surface area contributed by atoms with Gasteiger partial charge in [0.05, 0.1) is 17.8 Å². The topological polar surface area (TPSA) is 153 Å². The van der Waals surface area contributed by atoms with Crippen LogP contribution in [0.3, 0.4) is 0 Å². The number of esters is 1. The summed E-state index contributed by atoms with van der Waals surface area (Å²) in [6.45, 7) is 23.2. The van der Waals surface area contributed by atoms with Gasteiger partial charge < -0.3 is 30.2 Å². The van der Waals surface area contributed by atoms with Gasteiger partial charge in [0.1, 0.15) is 22.8 Å². The van der Waals surface area contributed by atoms with Gasteiger partial charge in [-0.2, -0.15) is 0 Å². The molecule has 0 saturated carbocycles. The number of rotatable bonds is 17. The molecule has 1 rings (SSSR count). The molecule has 3 N–H and O–H groups in total. The molecule has 0 spiro atoms. The molecular weight excluding hydrogens is 608 g/mol. The molecular formula is C34H58N4O7S. The maximum atomic E-state index is 11.8. The van der Waals surface area contributed by atoms with Gasteiger partial charge in [0.25, 0.3) is 11.8 Å². The number of nitrogens with zero attached hydrogens (tertiary/aromatic N) is 1. The van der Waals surface area contributed by atoms with Crippen molar-refractivity contribution in [3.63, 3.8) is 0 Å². The molecule has 0 radical (unpaired) electrons. The second-order valence-corrected chi connectivity index (χ2v) is 12.6. The lowest BCUT2D eigenvalue weighted by Gasteiger charge is -2.19. The lowest BCUT2D eigenvalue weighted by Crippen LogP contribution is -2.35. The van der Waals surface area contributed by atoms with Crippen LogP contribution in [-0.2, 0) is 30.3 Å². The lowest BCUT2D eigenvalue weighted by atomic mass is 9.96. The molecule has 1 heterocycles. The molecule has 0 unspecified atom stereocenters. The Hall–Kier alpha value is -3.54. The minimum Gasteiger partial charge on any atom is -0.464 e. The monoisotopic (exact) mass is 666 g/mol. The van der Waals surface area contributed by atoms with E-state index in [4.69, 9.17) is 4.74 Å². The number of carbonyl (C=O) groups is 5. The standard InChI is InChI=1S/C13H15N3O4S.C12H23NO3.C9H20/c1-5-10-16-9(6-21-10)12(18)14-7(2)11(17)15-8(3)13(19)20-4;1-10(14)8-6-5-7-9-13-11(15)16-12(2,3)4;1-4-7-9(6-3)8-5-2/h6H,2-3,5H2,1,4H3,(H,14,18)(H,15,17);5-9H2,1-4H3,(H,13,15);9H,4-8H2,1-3H3. The van der Waals surface area contributed by atoms with Crippen molar-refractivity contribution < 1.29 is 33.4 Å². The summed E-state index contributed by atoms with van der Waals surface area (Å²) in [6.07, 6.45) is 10.7. The van der Waals surface area contributed by atoms with E-state index in [9.17, 15) is 24.0 Å². The predicted octanol–water partition coefficient (Wildman–Crippen LogP) is 7.03. The number of aryl methyl sites for hydroxylation is 1. The van der Waals surface area contributed by atoms with Gasteiger partial charge in [0.15, 0.2) is 0 Å². The number of hydrogen-bond acceptors (Lipinski definition) is 9. The first-order chi connectivity index (χ1) is 21.5. The fraction of sp³-hybridized carbons (Fsp3) is 0.647. The Morgan fingerprint density at radius 1 is 0.935 bits per heavy atom. The van der Waals surface area contributed by atoms with Crippen LogP contribution in [0, 0.1) is 5.92 Å². The Labute approximate surface area is 280 Å². The summed E-state index contributed by atoms with van der Waals surface area (Å²) in [4.78, 5) is 60.6. The van der Waals surface area contributed by atoms with Crippen LogP contribution in [0.15, 0.2) is 29.9 Å². The molecule has 11 nitrogen and oxygen atoms in total. The molecule has 0 aliphatic carbocycles. The molecule has 12 heteroatoms. The van der Waals surface area contributed by atoms with Crippen molar-refractivity contribution in [2.75, 3.05) is 13.7 Å². The fourth-order valence-corrected chi connectivity index (χ4v) is 4.50. The minimum atomic E-state index is -0.783. The number of carbonyl (C=O) groups excluding carboxylic acids is 5. The third-order valence-electron chi connectivity index (χ3n) is 6.17. The second-order valence-electron chi connectivity index (χ2n) is 11.6. The number of methoxy groups -OCH3 is 1. The predicted molar refractivity (Wildman–Crippen MR) is 184 cm³/mol. The molecule has 0 atom stereocenters. The fourth-order valence-electron chi connectivity index (χ4n) is 3.77. The van der Waals surface area contributed by atoms with Crippen LogP contribution in [-0.4, -0.2) is 53.9 Å². The Balaban J connectivity index is 0. The van der Waals surface area contributed by atoms with Crippen LogP contribution in [0.4, 0.5) is 4.79 Å². The number of unbranched alkanes of at least 4 members (excludes halogenated alkanes) is 2. The molecule has 0 aliphatic heterocycles. The van der Waals surface area contributed by atoms with Crippen LogP contribution >= 0.6 is 11.3 Å². The van der Waals surface area contributed by atoms with E-state index >= 15 is 0 Å². The summed E-state index contributed by atoms with van der Waals surface area (Å²) in [5.74, 6) is -0.853. The van der Waals surface area contributed by atoms with Crippen molar-refractivity contribution in [2.24, 2.45) is 5.92 Å². The third-order valence-corrected chi connectivity index (χ3v) is 7.16. The number of nitrogens with one attached hydrogen (secondary N) is 3. The molecule has 46 heavy (non-hydrogen) atoms. The smallest absolute Gasteiger partial charge is 0.407 e. The average molecular weight is 667 g/mol. The van der Waals surface area contributed by atoms with E-state index in [1.165, 1.54) is 43.4 Å². The van der Waals surface area contributed by atoms with Crippen molar-refractivity contribution in [1.29, 1.82) is 0 Å². The highest BCUT2D eigenvalue weighted by Gasteiger charge is 2.18. The van der Waals surface area contributed by atoms with E-state index in [0.29, 0.717) is 13.0 Å². The first kappa shape index (κ1) is 44.6. The number of hydrogen-bond donors (Lipinski definition) is 3. The van der Waals surface area contributed by atoms with Gasteiger partial charge in [-0.1, -0.05) is 79.4 Å². The van der Waals surface area contributed by atoms with Gasteiger partial charge in [-0.3, -0.25) is 9.59 Å². The Morgan fingerprint density at radius 3 is 2.00 bits per heavy atom. The number of Topliss-reactive ketones (excluding diaryl/α,β-unsaturated/α-hetero) is 1. The first-order valence-corrected chi connectivity index (χ1v) is 16.9. The highest BCUT2D eigenvalue weighted by molar-refractivity contribution is 7.09. The van der Waals surface area contributed by atoms with Gasteiger partial charge in [0, 0.05) is 18.3 Å². The summed E-state index contributed by atoms with van der Waals surface area (Å²) in [6, 6.07) is 0. The number of amides is 3. The third kappa shape index (κ3) is 23.8. The zero-order valence-corrected chi connectivity index (χ0v) is 30.4. The molecule has 0 bridgehead atoms. The van der Waals surface area contributed by atoms with Gasteiger partial charge in [-0.15, -0.1) is 11.3 Å². The zero-order chi connectivity index (χ0) is 35.7. The summed E-state index contributed by atoms with van der Waals surface area (Å²) in [5, 5.41) is 9.55. The van der Waals surface area contributed by atoms with E-state index in [-0.39, 0.29) is 29.0 Å². The maximum absolute atomic E-state index is 11.8. The van der Waals surface area contributed by atoms with E-state index in [1.54, 1.807) is 12.3 Å². The molecule has 0 fully saturated rings. The van der Waals surface area contributed by atoms with E-state index in [1.807, 2.05) is 27.7 Å². The molecule has 3 amide bonds. The summed E-state index contributed by atoms with van der Waals surface area (Å²) in [5.41, 5.74) is -0.716. The quantitative estimate of drug-likeness (QED) is 0.0911. The van der Waals surface area contributed by atoms with Gasteiger partial charge >= 0.3 is 12.1 Å². The van der Waals surface area contributed by atoms with Crippen LogP contribution < -0.4 is 16.0 Å². The number of aromatic nitrogens is 1. The second kappa shape index (κ2) is 25.6. The number of ketones is 1. The van der Waals surface area contributed by atoms with E-state index in [0.717, 1.165) is 43.7 Å². The summed E-state index contributed by atoms with van der Waals surface area (Å²) in [7, 11) is 1.16. The van der Waals surface area contributed by atoms with Crippen molar-refractivity contribution in [3.05, 3.63) is 40.6 Å². The van der Waals surface area contributed by atoms with Crippen LogP contribution in [0.2, 0.25) is 0 Å². The lowest BCUT2D eigenvalue weighted by molar-refractivity contribution is -0.137. The highest BCUT2D eigenvalue weighted by atomic mass is 32.1. The number of thiazole rings is 1. The van der Waals surface area contributed by atoms with E-state index in [2.05, 4.69) is 59.6 Å². The molecule has 0 aromatic carbocycles. The van der Waals surface area contributed by atoms with Crippen molar-refractivity contribution in [3.8, 4) is 0 Å². The average Bonchev–Trinajstić information content (AvgIpc) is 3.47. The van der Waals surface area contributed by atoms with Crippen LogP contribution in [0.25, 0.3) is 0 Å². The van der Waals surface area contributed by atoms with Crippen molar-refractivity contribution in [2.45, 2.75) is 125 Å². The Kier molecular flexibility index (Phi) is 24.8. The van der Waals surface area contributed by atoms with Crippen molar-refractivity contribution in [1.82, 2.24) is 20.9 Å². The van der Waals surface area contributed by atoms with Crippen molar-refractivity contribution >= 4 is 41.0 Å². The zero-order valence-electron chi connectivity index (χ0n) is 29.6. The molecule has 1 aromatic heterocycles. The Bertz CT molecular complexity index is 1100. The number of ether oxygens (including phenoxy) is 2. The molecule has 262 valence electrons. The minimum absolute atomic E-state index is 0.206. The van der Waals surface area contributed by atoms with Gasteiger partial charge in [-0.25, -0.2) is 14.6 Å². The number of alkyl carbamates (subject to hydrolysis) is 1. The van der Waals surface area contributed by atoms with Gasteiger partial charge in [-0.05, 0) is 52.9 Å². The highest BCUT2D eigenvalue weighted by Crippen LogP contribution is 2.16.